The summed E-state index contributed by atoms with van der Waals surface area (Å²) in [5, 5.41) is 4.14. The predicted octanol–water partition coefficient (Wildman–Crippen LogP) is 3.33. The van der Waals surface area contributed by atoms with E-state index in [1.165, 1.54) is 5.56 Å². The molecule has 2 nitrogen and oxygen atoms in total. The summed E-state index contributed by atoms with van der Waals surface area (Å²) >= 11 is 6.05. The number of ether oxygens (including phenoxy) is 1. The minimum absolute atomic E-state index is 0.730. The summed E-state index contributed by atoms with van der Waals surface area (Å²) < 4.78 is 5.40. The van der Waals surface area contributed by atoms with Crippen molar-refractivity contribution in [1.29, 1.82) is 0 Å². The van der Waals surface area contributed by atoms with E-state index >= 15 is 0 Å². The molecule has 1 rings (SSSR count). The summed E-state index contributed by atoms with van der Waals surface area (Å²) in [5.74, 6) is 0. The first kappa shape index (κ1) is 14.2. The standard InChI is InChI=1S/C14H20ClNO/c1-3-4-8-17-9-7-16-11-13-6-5-12(2)14(15)10-13/h3,5-6,10,16H,1,4,7-9,11H2,2H3. The fraction of sp³-hybridized carbons (Fsp3) is 0.429. The minimum atomic E-state index is 0.730. The molecule has 17 heavy (non-hydrogen) atoms. The molecule has 1 aromatic rings. The van der Waals surface area contributed by atoms with Crippen molar-refractivity contribution < 1.29 is 4.74 Å². The first-order chi connectivity index (χ1) is 8.24. The number of hydrogen-bond donors (Lipinski definition) is 1. The molecule has 0 amide bonds. The van der Waals surface area contributed by atoms with Crippen LogP contribution in [0.25, 0.3) is 0 Å². The summed E-state index contributed by atoms with van der Waals surface area (Å²) in [6.07, 6.45) is 2.77. The number of nitrogens with one attached hydrogen (secondary N) is 1. The summed E-state index contributed by atoms with van der Waals surface area (Å²) in [6.45, 7) is 8.80. The summed E-state index contributed by atoms with van der Waals surface area (Å²) in [7, 11) is 0. The Morgan fingerprint density at radius 2 is 2.24 bits per heavy atom. The fourth-order valence-electron chi connectivity index (χ4n) is 1.39. The minimum Gasteiger partial charge on any atom is -0.380 e. The molecular formula is C14H20ClNO. The first-order valence-corrected chi connectivity index (χ1v) is 6.26. The van der Waals surface area contributed by atoms with Crippen molar-refractivity contribution in [1.82, 2.24) is 5.32 Å². The second-order valence-corrected chi connectivity index (χ2v) is 4.36. The van der Waals surface area contributed by atoms with Gasteiger partial charge in [-0.2, -0.15) is 0 Å². The van der Waals surface area contributed by atoms with Crippen LogP contribution in [0, 0.1) is 6.92 Å². The Labute approximate surface area is 109 Å². The Bertz CT molecular complexity index is 352. The smallest absolute Gasteiger partial charge is 0.0591 e. The van der Waals surface area contributed by atoms with Crippen LogP contribution in [-0.2, 0) is 11.3 Å². The van der Waals surface area contributed by atoms with Gasteiger partial charge in [0.15, 0.2) is 0 Å². The van der Waals surface area contributed by atoms with Gasteiger partial charge in [0, 0.05) is 18.1 Å². The van der Waals surface area contributed by atoms with Crippen LogP contribution in [0.4, 0.5) is 0 Å². The average molecular weight is 254 g/mol. The maximum Gasteiger partial charge on any atom is 0.0591 e. The molecule has 1 N–H and O–H groups in total. The number of benzene rings is 1. The van der Waals surface area contributed by atoms with Crippen LogP contribution in [0.5, 0.6) is 0 Å². The number of rotatable bonds is 8. The van der Waals surface area contributed by atoms with Gasteiger partial charge in [0.05, 0.1) is 13.2 Å². The van der Waals surface area contributed by atoms with Crippen molar-refractivity contribution in [3.63, 3.8) is 0 Å². The molecule has 0 aliphatic carbocycles. The molecule has 0 aromatic heterocycles. The largest absolute Gasteiger partial charge is 0.380 e. The van der Waals surface area contributed by atoms with Crippen LogP contribution in [0.1, 0.15) is 17.5 Å². The quantitative estimate of drug-likeness (QED) is 0.567. The number of hydrogen-bond acceptors (Lipinski definition) is 2. The maximum absolute atomic E-state index is 6.05. The molecular weight excluding hydrogens is 234 g/mol. The predicted molar refractivity (Wildman–Crippen MR) is 73.5 cm³/mol. The van der Waals surface area contributed by atoms with Crippen molar-refractivity contribution in [2.24, 2.45) is 0 Å². The zero-order chi connectivity index (χ0) is 12.5. The van der Waals surface area contributed by atoms with Gasteiger partial charge in [-0.15, -0.1) is 6.58 Å². The third-order valence-corrected chi connectivity index (χ3v) is 2.86. The SMILES string of the molecule is C=CCCOCCNCc1ccc(C)c(Cl)c1. The monoisotopic (exact) mass is 253 g/mol. The van der Waals surface area contributed by atoms with E-state index in [0.29, 0.717) is 0 Å². The molecule has 0 fully saturated rings. The molecule has 0 heterocycles. The third-order valence-electron chi connectivity index (χ3n) is 2.45. The van der Waals surface area contributed by atoms with E-state index in [1.54, 1.807) is 0 Å². The Morgan fingerprint density at radius 3 is 2.94 bits per heavy atom. The van der Waals surface area contributed by atoms with Crippen molar-refractivity contribution >= 4 is 11.6 Å². The molecule has 0 atom stereocenters. The van der Waals surface area contributed by atoms with E-state index in [2.05, 4.69) is 18.0 Å². The van der Waals surface area contributed by atoms with Gasteiger partial charge in [-0.3, -0.25) is 0 Å². The lowest BCUT2D eigenvalue weighted by molar-refractivity contribution is 0.140. The van der Waals surface area contributed by atoms with Crippen LogP contribution >= 0.6 is 11.6 Å². The van der Waals surface area contributed by atoms with Gasteiger partial charge >= 0.3 is 0 Å². The van der Waals surface area contributed by atoms with Crippen molar-refractivity contribution in [2.75, 3.05) is 19.8 Å². The van der Waals surface area contributed by atoms with Gasteiger partial charge in [-0.1, -0.05) is 29.8 Å². The number of aryl methyl sites for hydroxylation is 1. The highest BCUT2D eigenvalue weighted by atomic mass is 35.5. The molecule has 0 bridgehead atoms. The van der Waals surface area contributed by atoms with Gasteiger partial charge in [0.1, 0.15) is 0 Å². The van der Waals surface area contributed by atoms with Gasteiger partial charge in [-0.05, 0) is 30.5 Å². The van der Waals surface area contributed by atoms with Gasteiger partial charge in [0.2, 0.25) is 0 Å². The topological polar surface area (TPSA) is 21.3 Å². The molecule has 1 aromatic carbocycles. The highest BCUT2D eigenvalue weighted by molar-refractivity contribution is 6.31. The molecule has 0 saturated heterocycles. The molecule has 0 aliphatic rings. The molecule has 94 valence electrons. The zero-order valence-electron chi connectivity index (χ0n) is 10.3. The lowest BCUT2D eigenvalue weighted by Crippen LogP contribution is -2.19. The fourth-order valence-corrected chi connectivity index (χ4v) is 1.60. The maximum atomic E-state index is 6.05. The summed E-state index contributed by atoms with van der Waals surface area (Å²) in [6, 6.07) is 6.13. The van der Waals surface area contributed by atoms with E-state index in [0.717, 1.165) is 43.3 Å². The van der Waals surface area contributed by atoms with Crippen molar-refractivity contribution in [3.8, 4) is 0 Å². The van der Waals surface area contributed by atoms with Gasteiger partial charge in [-0.25, -0.2) is 0 Å². The highest BCUT2D eigenvalue weighted by Crippen LogP contribution is 2.16. The van der Waals surface area contributed by atoms with E-state index in [1.807, 2.05) is 25.1 Å². The zero-order valence-corrected chi connectivity index (χ0v) is 11.1. The number of halogens is 1. The van der Waals surface area contributed by atoms with Crippen molar-refractivity contribution in [3.05, 3.63) is 47.0 Å². The van der Waals surface area contributed by atoms with Crippen LogP contribution in [0.3, 0.4) is 0 Å². The van der Waals surface area contributed by atoms with Crippen LogP contribution in [-0.4, -0.2) is 19.8 Å². The Hall–Kier alpha value is -0.830. The lowest BCUT2D eigenvalue weighted by atomic mass is 10.1. The molecule has 0 unspecified atom stereocenters. The summed E-state index contributed by atoms with van der Waals surface area (Å²) in [4.78, 5) is 0. The first-order valence-electron chi connectivity index (χ1n) is 5.88. The molecule has 0 radical (unpaired) electrons. The lowest BCUT2D eigenvalue weighted by Gasteiger charge is -2.07. The van der Waals surface area contributed by atoms with E-state index in [9.17, 15) is 0 Å². The molecule has 0 saturated carbocycles. The van der Waals surface area contributed by atoms with Crippen LogP contribution in [0.2, 0.25) is 5.02 Å². The Morgan fingerprint density at radius 1 is 1.41 bits per heavy atom. The van der Waals surface area contributed by atoms with Gasteiger partial charge < -0.3 is 10.1 Å². The third kappa shape index (κ3) is 5.87. The second kappa shape index (κ2) is 8.29. The Kier molecular flexibility index (Phi) is 6.94. The highest BCUT2D eigenvalue weighted by Gasteiger charge is 1.97. The van der Waals surface area contributed by atoms with E-state index in [-0.39, 0.29) is 0 Å². The van der Waals surface area contributed by atoms with Crippen LogP contribution in [0.15, 0.2) is 30.9 Å². The van der Waals surface area contributed by atoms with E-state index < -0.39 is 0 Å². The molecule has 3 heteroatoms. The summed E-state index contributed by atoms with van der Waals surface area (Å²) in [5.41, 5.74) is 2.31. The normalized spacial score (nSPS) is 10.5. The molecule has 0 spiro atoms. The van der Waals surface area contributed by atoms with Gasteiger partial charge in [0.25, 0.3) is 0 Å². The second-order valence-electron chi connectivity index (χ2n) is 3.95. The average Bonchev–Trinajstić information content (AvgIpc) is 2.32. The van der Waals surface area contributed by atoms with Crippen molar-refractivity contribution in [2.45, 2.75) is 19.9 Å². The van der Waals surface area contributed by atoms with E-state index in [4.69, 9.17) is 16.3 Å². The van der Waals surface area contributed by atoms with Crippen LogP contribution < -0.4 is 5.32 Å². The Balaban J connectivity index is 2.13. The molecule has 0 aliphatic heterocycles.